The van der Waals surface area contributed by atoms with Crippen LogP contribution in [0.2, 0.25) is 0 Å². The van der Waals surface area contributed by atoms with Crippen LogP contribution in [0.25, 0.3) is 22.3 Å². The number of carboxylic acid groups (broad SMARTS) is 1. The predicted molar refractivity (Wildman–Crippen MR) is 243 cm³/mol. The fourth-order valence-corrected chi connectivity index (χ4v) is 11.0. The van der Waals surface area contributed by atoms with Crippen molar-refractivity contribution >= 4 is 61.3 Å². The molecule has 64 heavy (non-hydrogen) atoms. The summed E-state index contributed by atoms with van der Waals surface area (Å²) in [5.41, 5.74) is -0.433. The zero-order valence-corrected chi connectivity index (χ0v) is 39.1. The number of hydrogen-bond donors (Lipinski definition) is 4. The van der Waals surface area contributed by atoms with Gasteiger partial charge in [-0.25, -0.2) is 28.0 Å². The second-order valence-corrected chi connectivity index (χ2v) is 21.6. The lowest BCUT2D eigenvalue weighted by Crippen LogP contribution is -2.57. The van der Waals surface area contributed by atoms with E-state index in [4.69, 9.17) is 24.2 Å². The highest BCUT2D eigenvalue weighted by Gasteiger charge is 2.61. The van der Waals surface area contributed by atoms with Crippen molar-refractivity contribution in [1.29, 1.82) is 0 Å². The zero-order valence-electron chi connectivity index (χ0n) is 37.4. The molecule has 19 heteroatoms. The molecule has 6 atom stereocenters. The average Bonchev–Trinajstić information content (AvgIpc) is 3.49. The van der Waals surface area contributed by atoms with Crippen molar-refractivity contribution in [3.05, 3.63) is 41.8 Å². The molecule has 17 nitrogen and oxygen atoms in total. The van der Waals surface area contributed by atoms with Gasteiger partial charge in [-0.3, -0.25) is 9.59 Å². The first-order valence-corrected chi connectivity index (χ1v) is 24.7. The van der Waals surface area contributed by atoms with Crippen LogP contribution in [0.1, 0.15) is 92.4 Å². The van der Waals surface area contributed by atoms with Gasteiger partial charge in [-0.1, -0.05) is 45.8 Å². The Balaban J connectivity index is 1.19. The number of aliphatic carboxylic acids is 1. The quantitative estimate of drug-likeness (QED) is 0.164. The number of alkyl carbamates (subject to hydrolysis) is 1. The Hall–Kier alpha value is -5.01. The van der Waals surface area contributed by atoms with Gasteiger partial charge in [0.2, 0.25) is 21.8 Å². The molecule has 3 fully saturated rings. The molecule has 2 aromatic heterocycles. The zero-order chi connectivity index (χ0) is 46.0. The molecule has 1 aromatic carbocycles. The van der Waals surface area contributed by atoms with Crippen molar-refractivity contribution in [2.24, 2.45) is 11.3 Å². The molecule has 348 valence electrons. The van der Waals surface area contributed by atoms with Gasteiger partial charge in [0.15, 0.2) is 5.13 Å². The Bertz CT molecular complexity index is 2370. The number of carboxylic acids is 1. The van der Waals surface area contributed by atoms with Gasteiger partial charge in [-0.2, -0.15) is 4.31 Å². The number of benzene rings is 1. The molecule has 0 spiro atoms. The molecule has 0 radical (unpaired) electrons. The van der Waals surface area contributed by atoms with Crippen LogP contribution in [0.3, 0.4) is 0 Å². The highest BCUT2D eigenvalue weighted by atomic mass is 32.2. The first kappa shape index (κ1) is 47.0. The van der Waals surface area contributed by atoms with E-state index in [2.05, 4.69) is 16.0 Å². The third-order valence-corrected chi connectivity index (χ3v) is 15.1. The highest BCUT2D eigenvalue weighted by Crippen LogP contribution is 2.46. The van der Waals surface area contributed by atoms with E-state index in [-0.39, 0.29) is 44.1 Å². The number of aromatic nitrogens is 2. The average molecular weight is 924 g/mol. The Kier molecular flexibility index (Phi) is 14.1. The van der Waals surface area contributed by atoms with Crippen molar-refractivity contribution in [2.45, 2.75) is 128 Å². The number of nitrogens with zero attached hydrogens (tertiary/aromatic N) is 4. The SMILES string of the molecule is COc1ccc2c(O[C@@H]3C[C@H]4C(=O)N[C@]5(C(=O)O)CC5/C=C\CCCCC[C@H](NC(=O)OC(CN5CCCCS5(=O)=O)C(C)(C)C)C(=O)N4C3)cc(-c3csc(NC(C)C)n3)nc2c1. The number of carbonyl (C=O) groups is 4. The maximum Gasteiger partial charge on any atom is 0.408 e. The number of methoxy groups -OCH3 is 1. The number of allylic oxidation sites excluding steroid dienone is 1. The predicted octanol–water partition coefficient (Wildman–Crippen LogP) is 5.95. The maximum absolute atomic E-state index is 14.9. The van der Waals surface area contributed by atoms with E-state index >= 15 is 0 Å². The normalized spacial score (nSPS) is 26.4. The van der Waals surface area contributed by atoms with Gasteiger partial charge < -0.3 is 40.2 Å². The first-order valence-electron chi connectivity index (χ1n) is 22.2. The Morgan fingerprint density at radius 3 is 2.59 bits per heavy atom. The fraction of sp³-hybridized carbons (Fsp3) is 0.600. The molecule has 3 aliphatic heterocycles. The largest absolute Gasteiger partial charge is 0.497 e. The van der Waals surface area contributed by atoms with Crippen LogP contribution in [0.5, 0.6) is 11.5 Å². The Morgan fingerprint density at radius 1 is 1.08 bits per heavy atom. The fourth-order valence-electron chi connectivity index (χ4n) is 8.59. The molecule has 0 bridgehead atoms. The highest BCUT2D eigenvalue weighted by molar-refractivity contribution is 7.89. The number of hydrogen-bond acceptors (Lipinski definition) is 13. The number of sulfonamides is 1. The number of ether oxygens (including phenoxy) is 3. The second-order valence-electron chi connectivity index (χ2n) is 18.7. The number of pyridine rings is 1. The lowest BCUT2D eigenvalue weighted by molar-refractivity contribution is -0.145. The number of fused-ring (bicyclic) bond motifs is 3. The van der Waals surface area contributed by atoms with Crippen LogP contribution in [-0.2, 0) is 29.1 Å². The van der Waals surface area contributed by atoms with E-state index in [9.17, 15) is 32.7 Å². The third-order valence-electron chi connectivity index (χ3n) is 12.4. The van der Waals surface area contributed by atoms with E-state index in [0.717, 1.165) is 18.0 Å². The standard InChI is InChI=1S/C45H61N7O10S2/c1-27(2)46-42-48-35(26-63-42)34-22-37(31-17-16-29(60-6)20-33(31)47-34)61-30-21-36-39(53)50-45(41(55)56)23-28(45)14-10-8-7-9-11-15-32(40(54)52(36)24-30)49-43(57)62-38(44(3,4)5)25-51-18-12-13-19-64(51,58)59/h10,14,16-17,20,22,26-28,30,32,36,38H,7-9,11-13,15,18-19,21,23-25H2,1-6H3,(H,46,48)(H,49,57)(H,50,53)(H,55,56)/b14-10-/t28?,30-,32+,36+,38?,45-/m1/s1. The summed E-state index contributed by atoms with van der Waals surface area (Å²) < 4.78 is 45.5. The second kappa shape index (κ2) is 19.2. The van der Waals surface area contributed by atoms with Crippen LogP contribution >= 0.6 is 11.3 Å². The maximum atomic E-state index is 14.9. The Labute approximate surface area is 378 Å². The Morgan fingerprint density at radius 2 is 1.88 bits per heavy atom. The summed E-state index contributed by atoms with van der Waals surface area (Å²) in [6.07, 6.45) is 5.81. The number of carbonyl (C=O) groups excluding carboxylic acids is 3. The molecule has 4 aliphatic rings. The monoisotopic (exact) mass is 923 g/mol. The minimum atomic E-state index is -3.52. The van der Waals surface area contributed by atoms with E-state index in [1.165, 1.54) is 20.5 Å². The van der Waals surface area contributed by atoms with Crippen molar-refractivity contribution in [3.63, 3.8) is 0 Å². The van der Waals surface area contributed by atoms with Gasteiger partial charge in [0, 0.05) is 53.2 Å². The molecular weight excluding hydrogens is 863 g/mol. The van der Waals surface area contributed by atoms with Crippen LogP contribution < -0.4 is 25.4 Å². The van der Waals surface area contributed by atoms with Gasteiger partial charge in [0.05, 0.1) is 37.2 Å². The number of amides is 3. The number of anilines is 1. The number of nitrogens with one attached hydrogen (secondary N) is 3. The van der Waals surface area contributed by atoms with Crippen LogP contribution in [0, 0.1) is 11.3 Å². The van der Waals surface area contributed by atoms with Crippen LogP contribution in [-0.4, -0.2) is 125 Å². The van der Waals surface area contributed by atoms with Gasteiger partial charge in [-0.15, -0.1) is 11.3 Å². The molecule has 5 heterocycles. The molecule has 2 unspecified atom stereocenters. The van der Waals surface area contributed by atoms with E-state index in [1.54, 1.807) is 25.3 Å². The molecule has 7 rings (SSSR count). The van der Waals surface area contributed by atoms with Gasteiger partial charge >= 0.3 is 12.1 Å². The van der Waals surface area contributed by atoms with E-state index in [0.29, 0.717) is 66.0 Å². The summed E-state index contributed by atoms with van der Waals surface area (Å²) in [6.45, 7) is 9.87. The molecule has 4 N–H and O–H groups in total. The topological polar surface area (TPSA) is 219 Å². The lowest BCUT2D eigenvalue weighted by Gasteiger charge is -2.36. The summed E-state index contributed by atoms with van der Waals surface area (Å²) in [5, 5.41) is 22.6. The third kappa shape index (κ3) is 10.7. The number of rotatable bonds is 11. The van der Waals surface area contributed by atoms with Gasteiger partial charge in [0.25, 0.3) is 0 Å². The van der Waals surface area contributed by atoms with Crippen molar-refractivity contribution in [3.8, 4) is 22.9 Å². The summed E-state index contributed by atoms with van der Waals surface area (Å²) in [4.78, 5) is 66.9. The molecule has 3 aromatic rings. The lowest BCUT2D eigenvalue weighted by atomic mass is 9.89. The minimum absolute atomic E-state index is 0.0236. The van der Waals surface area contributed by atoms with E-state index in [1.807, 2.05) is 58.2 Å². The summed E-state index contributed by atoms with van der Waals surface area (Å²) in [7, 11) is -1.95. The molecule has 3 amide bonds. The van der Waals surface area contributed by atoms with Gasteiger partial charge in [0.1, 0.15) is 47.0 Å². The van der Waals surface area contributed by atoms with Crippen molar-refractivity contribution < 1.29 is 46.9 Å². The van der Waals surface area contributed by atoms with Crippen LogP contribution in [0.15, 0.2) is 41.8 Å². The first-order chi connectivity index (χ1) is 30.4. The van der Waals surface area contributed by atoms with Crippen molar-refractivity contribution in [2.75, 3.05) is 37.8 Å². The minimum Gasteiger partial charge on any atom is -0.497 e. The summed E-state index contributed by atoms with van der Waals surface area (Å²) >= 11 is 1.45. The number of thiazole rings is 1. The van der Waals surface area contributed by atoms with Crippen LogP contribution in [0.4, 0.5) is 9.93 Å². The molecular formula is C45H61N7O10S2. The van der Waals surface area contributed by atoms with Gasteiger partial charge in [-0.05, 0) is 64.5 Å². The van der Waals surface area contributed by atoms with Crippen molar-refractivity contribution in [1.82, 2.24) is 29.8 Å². The molecule has 2 saturated heterocycles. The molecule has 1 aliphatic carbocycles. The summed E-state index contributed by atoms with van der Waals surface area (Å²) in [6, 6.07) is 5.08. The smallest absolute Gasteiger partial charge is 0.408 e. The summed E-state index contributed by atoms with van der Waals surface area (Å²) in [5.74, 6) is -1.69. The molecule has 1 saturated carbocycles. The van der Waals surface area contributed by atoms with E-state index < -0.39 is 75.1 Å².